The fourth-order valence-corrected chi connectivity index (χ4v) is 2.81. The second kappa shape index (κ2) is 6.76. The van der Waals surface area contributed by atoms with Gasteiger partial charge in [-0.05, 0) is 48.4 Å². The van der Waals surface area contributed by atoms with Gasteiger partial charge in [-0.1, -0.05) is 18.7 Å². The topological polar surface area (TPSA) is 73.9 Å². The average molecular weight is 344 g/mol. The molecule has 6 nitrogen and oxygen atoms in total. The highest BCUT2D eigenvalue weighted by Crippen LogP contribution is 2.30. The van der Waals surface area contributed by atoms with Crippen molar-refractivity contribution < 1.29 is 9.15 Å². The molecule has 0 spiro atoms. The monoisotopic (exact) mass is 344 g/mol. The Bertz CT molecular complexity index is 1060. The van der Waals surface area contributed by atoms with Gasteiger partial charge in [-0.25, -0.2) is 0 Å². The van der Waals surface area contributed by atoms with Crippen LogP contribution in [-0.4, -0.2) is 20.2 Å². The molecule has 0 aliphatic carbocycles. The first-order valence-electron chi connectivity index (χ1n) is 8.11. The van der Waals surface area contributed by atoms with E-state index in [0.29, 0.717) is 17.3 Å². The van der Waals surface area contributed by atoms with Crippen LogP contribution in [0.15, 0.2) is 66.2 Å². The van der Waals surface area contributed by atoms with Gasteiger partial charge in [-0.2, -0.15) is 0 Å². The number of aryl methyl sites for hydroxylation is 1. The zero-order valence-corrected chi connectivity index (χ0v) is 14.2. The van der Waals surface area contributed by atoms with Crippen LogP contribution in [0.1, 0.15) is 28.8 Å². The van der Waals surface area contributed by atoms with Crippen molar-refractivity contribution in [3.8, 4) is 5.75 Å². The Labute approximate surface area is 150 Å². The van der Waals surface area contributed by atoms with E-state index in [9.17, 15) is 0 Å². The van der Waals surface area contributed by atoms with Crippen molar-refractivity contribution in [1.29, 1.82) is 0 Å². The second-order valence-corrected chi connectivity index (χ2v) is 5.81. The number of pyridine rings is 2. The molecule has 0 amide bonds. The summed E-state index contributed by atoms with van der Waals surface area (Å²) in [6.07, 6.45) is 5.89. The molecule has 128 valence electrons. The molecule has 3 heterocycles. The summed E-state index contributed by atoms with van der Waals surface area (Å²) in [7, 11) is 0. The molecule has 1 aromatic carbocycles. The van der Waals surface area contributed by atoms with Gasteiger partial charge in [0.1, 0.15) is 5.75 Å². The minimum atomic E-state index is -0.620. The van der Waals surface area contributed by atoms with Gasteiger partial charge >= 0.3 is 0 Å². The number of hydrogen-bond acceptors (Lipinski definition) is 6. The summed E-state index contributed by atoms with van der Waals surface area (Å²) in [5.74, 6) is 1.01. The van der Waals surface area contributed by atoms with Crippen molar-refractivity contribution in [3.05, 3.63) is 84.5 Å². The maximum absolute atomic E-state index is 6.21. The van der Waals surface area contributed by atoms with Gasteiger partial charge < -0.3 is 9.15 Å². The highest BCUT2D eigenvalue weighted by molar-refractivity contribution is 5.83. The normalized spacial score (nSPS) is 12.0. The largest absolute Gasteiger partial charge is 0.474 e. The van der Waals surface area contributed by atoms with Crippen molar-refractivity contribution in [2.75, 3.05) is 0 Å². The molecule has 0 radical (unpaired) electrons. The van der Waals surface area contributed by atoms with Crippen molar-refractivity contribution >= 4 is 17.0 Å². The second-order valence-electron chi connectivity index (χ2n) is 5.81. The summed E-state index contributed by atoms with van der Waals surface area (Å²) < 4.78 is 11.6. The van der Waals surface area contributed by atoms with Gasteiger partial charge in [0.15, 0.2) is 0 Å². The van der Waals surface area contributed by atoms with Gasteiger partial charge in [0.2, 0.25) is 12.5 Å². The number of hydrogen-bond donors (Lipinski definition) is 0. The number of rotatable bonds is 5. The van der Waals surface area contributed by atoms with Crippen LogP contribution in [0.4, 0.5) is 0 Å². The molecule has 6 heteroatoms. The lowest BCUT2D eigenvalue weighted by Crippen LogP contribution is -2.12. The molecule has 0 fully saturated rings. The molecule has 26 heavy (non-hydrogen) atoms. The maximum Gasteiger partial charge on any atom is 0.263 e. The Balaban J connectivity index is 1.77. The number of fused-ring (bicyclic) bond motifs is 1. The predicted octanol–water partition coefficient (Wildman–Crippen LogP) is 4.13. The molecule has 4 rings (SSSR count). The molecular formula is C20H16N4O2. The minimum absolute atomic E-state index is 0.336. The van der Waals surface area contributed by atoms with Crippen molar-refractivity contribution in [1.82, 2.24) is 20.2 Å². The number of nitrogens with zero attached hydrogens (tertiary/aromatic N) is 4. The molecule has 0 saturated heterocycles. The Morgan fingerprint density at radius 2 is 2.08 bits per heavy atom. The Kier molecular flexibility index (Phi) is 4.15. The molecule has 0 bridgehead atoms. The molecule has 0 N–H and O–H groups in total. The molecular weight excluding hydrogens is 328 g/mol. The first-order valence-corrected chi connectivity index (χ1v) is 8.11. The van der Waals surface area contributed by atoms with E-state index in [1.165, 1.54) is 6.39 Å². The van der Waals surface area contributed by atoms with E-state index in [2.05, 4.69) is 26.7 Å². The van der Waals surface area contributed by atoms with Crippen LogP contribution < -0.4 is 4.74 Å². The van der Waals surface area contributed by atoms with Crippen LogP contribution in [0, 0.1) is 6.92 Å². The van der Waals surface area contributed by atoms with Crippen molar-refractivity contribution in [2.45, 2.75) is 13.0 Å². The molecule has 0 saturated carbocycles. The van der Waals surface area contributed by atoms with Crippen LogP contribution >= 0.6 is 0 Å². The third-order valence-electron chi connectivity index (χ3n) is 4.03. The minimum Gasteiger partial charge on any atom is -0.474 e. The number of benzene rings is 1. The molecule has 0 aliphatic heterocycles. The van der Waals surface area contributed by atoms with E-state index < -0.39 is 6.10 Å². The Hall–Kier alpha value is -3.54. The van der Waals surface area contributed by atoms with Gasteiger partial charge in [0, 0.05) is 17.8 Å². The third-order valence-corrected chi connectivity index (χ3v) is 4.03. The third kappa shape index (κ3) is 3.04. The van der Waals surface area contributed by atoms with E-state index >= 15 is 0 Å². The van der Waals surface area contributed by atoms with Crippen molar-refractivity contribution in [3.63, 3.8) is 0 Å². The number of ether oxygens (including phenoxy) is 1. The fraction of sp³-hybridized carbons (Fsp3) is 0.100. The first-order chi connectivity index (χ1) is 12.7. The summed E-state index contributed by atoms with van der Waals surface area (Å²) in [4.78, 5) is 8.82. The molecule has 4 aromatic rings. The van der Waals surface area contributed by atoms with Crippen LogP contribution in [0.3, 0.4) is 0 Å². The SMILES string of the molecule is C=Cc1ccnc(C(Oc2cc(C)c3ncccc3c2)c2nnco2)c1. The van der Waals surface area contributed by atoms with Crippen LogP contribution in [-0.2, 0) is 0 Å². The number of aromatic nitrogens is 4. The highest BCUT2D eigenvalue weighted by atomic mass is 16.5. The lowest BCUT2D eigenvalue weighted by Gasteiger charge is -2.17. The van der Waals surface area contributed by atoms with Gasteiger partial charge in [-0.3, -0.25) is 9.97 Å². The average Bonchev–Trinajstić information content (AvgIpc) is 3.21. The lowest BCUT2D eigenvalue weighted by atomic mass is 10.1. The zero-order valence-electron chi connectivity index (χ0n) is 14.2. The lowest BCUT2D eigenvalue weighted by molar-refractivity contribution is 0.203. The van der Waals surface area contributed by atoms with E-state index in [4.69, 9.17) is 9.15 Å². The Morgan fingerprint density at radius 1 is 1.15 bits per heavy atom. The summed E-state index contributed by atoms with van der Waals surface area (Å²) in [5, 5.41) is 8.77. The predicted molar refractivity (Wildman–Crippen MR) is 97.6 cm³/mol. The van der Waals surface area contributed by atoms with Crippen LogP contribution in [0.25, 0.3) is 17.0 Å². The molecule has 0 aliphatic rings. The highest BCUT2D eigenvalue weighted by Gasteiger charge is 2.23. The fourth-order valence-electron chi connectivity index (χ4n) is 2.81. The van der Waals surface area contributed by atoms with E-state index in [0.717, 1.165) is 22.0 Å². The smallest absolute Gasteiger partial charge is 0.263 e. The quantitative estimate of drug-likeness (QED) is 0.542. The summed E-state index contributed by atoms with van der Waals surface area (Å²) in [5.41, 5.74) is 3.56. The Morgan fingerprint density at radius 3 is 2.88 bits per heavy atom. The van der Waals surface area contributed by atoms with Gasteiger partial charge in [0.25, 0.3) is 5.89 Å². The first kappa shape index (κ1) is 16.0. The molecule has 3 aromatic heterocycles. The summed E-state index contributed by atoms with van der Waals surface area (Å²) in [6.45, 7) is 5.80. The molecule has 1 unspecified atom stereocenters. The van der Waals surface area contributed by atoms with Gasteiger partial charge in [0.05, 0.1) is 11.2 Å². The van der Waals surface area contributed by atoms with Crippen LogP contribution in [0.5, 0.6) is 5.75 Å². The summed E-state index contributed by atoms with van der Waals surface area (Å²) >= 11 is 0. The zero-order chi connectivity index (χ0) is 17.9. The van der Waals surface area contributed by atoms with Gasteiger partial charge in [-0.15, -0.1) is 10.2 Å². The van der Waals surface area contributed by atoms with Crippen molar-refractivity contribution in [2.24, 2.45) is 0 Å². The summed E-state index contributed by atoms with van der Waals surface area (Å²) in [6, 6.07) is 11.5. The molecule has 1 atom stereocenters. The maximum atomic E-state index is 6.21. The van der Waals surface area contributed by atoms with E-state index in [-0.39, 0.29) is 0 Å². The van der Waals surface area contributed by atoms with Crippen LogP contribution in [0.2, 0.25) is 0 Å². The van der Waals surface area contributed by atoms with E-state index in [1.54, 1.807) is 18.5 Å². The standard InChI is InChI=1S/C20H16N4O2/c1-3-14-6-8-21-17(10-14)19(20-24-23-12-25-20)26-16-9-13(2)18-15(11-16)5-4-7-22-18/h3-12,19H,1H2,2H3. The van der Waals surface area contributed by atoms with E-state index in [1.807, 2.05) is 43.3 Å².